The minimum atomic E-state index is -0.734. The Morgan fingerprint density at radius 2 is 1.90 bits per heavy atom. The van der Waals surface area contributed by atoms with Gasteiger partial charge in [0.05, 0.1) is 35.9 Å². The van der Waals surface area contributed by atoms with Gasteiger partial charge in [-0.25, -0.2) is 0 Å². The molecule has 3 aromatic rings. The SMILES string of the molecule is COc1c(Cl)cc(C)cc1/C(O)=C1\C(=O)C(=O)N(Cc2cccs2)C1c1ccccc1. The molecular formula is C24H20ClNO4S. The van der Waals surface area contributed by atoms with Gasteiger partial charge >= 0.3 is 0 Å². The fraction of sp³-hybridized carbons (Fsp3) is 0.167. The van der Waals surface area contributed by atoms with Gasteiger partial charge < -0.3 is 14.7 Å². The minimum absolute atomic E-state index is 0.0210. The summed E-state index contributed by atoms with van der Waals surface area (Å²) in [7, 11) is 1.44. The number of halogens is 1. The lowest BCUT2D eigenvalue weighted by molar-refractivity contribution is -0.140. The average Bonchev–Trinajstić information content (AvgIpc) is 3.36. The van der Waals surface area contributed by atoms with Gasteiger partial charge in [0.25, 0.3) is 11.7 Å². The molecule has 1 aromatic heterocycles. The van der Waals surface area contributed by atoms with Crippen molar-refractivity contribution in [2.75, 3.05) is 7.11 Å². The van der Waals surface area contributed by atoms with Crippen molar-refractivity contribution in [2.45, 2.75) is 19.5 Å². The summed E-state index contributed by atoms with van der Waals surface area (Å²) >= 11 is 7.81. The number of carbonyl (C=O) groups excluding carboxylic acids is 2. The third-order valence-electron chi connectivity index (χ3n) is 5.21. The van der Waals surface area contributed by atoms with Crippen LogP contribution in [0.1, 0.15) is 27.6 Å². The second kappa shape index (κ2) is 8.57. The summed E-state index contributed by atoms with van der Waals surface area (Å²) in [5.41, 5.74) is 1.82. The van der Waals surface area contributed by atoms with Crippen LogP contribution in [0.15, 0.2) is 65.6 Å². The summed E-state index contributed by atoms with van der Waals surface area (Å²) in [6.45, 7) is 2.09. The molecular weight excluding hydrogens is 434 g/mol. The van der Waals surface area contributed by atoms with Crippen molar-refractivity contribution in [3.63, 3.8) is 0 Å². The van der Waals surface area contributed by atoms with Crippen molar-refractivity contribution in [1.82, 2.24) is 4.90 Å². The topological polar surface area (TPSA) is 66.8 Å². The molecule has 0 spiro atoms. The smallest absolute Gasteiger partial charge is 0.295 e. The Labute approximate surface area is 189 Å². The minimum Gasteiger partial charge on any atom is -0.507 e. The fourth-order valence-electron chi connectivity index (χ4n) is 3.85. The van der Waals surface area contributed by atoms with Gasteiger partial charge in [0.15, 0.2) is 0 Å². The zero-order valence-corrected chi connectivity index (χ0v) is 18.5. The number of amides is 1. The largest absolute Gasteiger partial charge is 0.507 e. The van der Waals surface area contributed by atoms with E-state index in [1.807, 2.05) is 54.8 Å². The van der Waals surface area contributed by atoms with Gasteiger partial charge in [0, 0.05) is 4.88 Å². The van der Waals surface area contributed by atoms with E-state index in [2.05, 4.69) is 0 Å². The van der Waals surface area contributed by atoms with Gasteiger partial charge in [0.2, 0.25) is 0 Å². The lowest BCUT2D eigenvalue weighted by atomic mass is 9.94. The second-order valence-corrected chi connectivity index (χ2v) is 8.68. The summed E-state index contributed by atoms with van der Waals surface area (Å²) in [6.07, 6.45) is 0. The molecule has 0 radical (unpaired) electrons. The summed E-state index contributed by atoms with van der Waals surface area (Å²) in [6, 6.07) is 15.7. The summed E-state index contributed by atoms with van der Waals surface area (Å²) < 4.78 is 5.39. The predicted molar refractivity (Wildman–Crippen MR) is 121 cm³/mol. The molecule has 1 fully saturated rings. The van der Waals surface area contributed by atoms with Crippen molar-refractivity contribution in [1.29, 1.82) is 0 Å². The maximum Gasteiger partial charge on any atom is 0.295 e. The van der Waals surface area contributed by atoms with Crippen LogP contribution >= 0.6 is 22.9 Å². The molecule has 0 aliphatic carbocycles. The van der Waals surface area contributed by atoms with E-state index in [1.54, 1.807) is 12.1 Å². The standard InChI is InChI=1S/C24H20ClNO4S/c1-14-11-17(23(30-2)18(25)12-14)21(27)19-20(15-7-4-3-5-8-15)26(24(29)22(19)28)13-16-9-6-10-31-16/h3-12,20,27H,13H2,1-2H3/b21-19+. The number of hydrogen-bond acceptors (Lipinski definition) is 5. The number of thiophene rings is 1. The first-order valence-corrected chi connectivity index (χ1v) is 10.9. The highest BCUT2D eigenvalue weighted by molar-refractivity contribution is 7.09. The molecule has 2 heterocycles. The number of carbonyl (C=O) groups is 2. The molecule has 5 nitrogen and oxygen atoms in total. The lowest BCUT2D eigenvalue weighted by Gasteiger charge is -2.25. The number of methoxy groups -OCH3 is 1. The molecule has 1 amide bonds. The van der Waals surface area contributed by atoms with Crippen LogP contribution < -0.4 is 4.74 Å². The van der Waals surface area contributed by atoms with E-state index in [0.29, 0.717) is 5.02 Å². The number of aliphatic hydroxyl groups excluding tert-OH is 1. The lowest BCUT2D eigenvalue weighted by Crippen LogP contribution is -2.28. The number of aryl methyl sites for hydroxylation is 1. The quantitative estimate of drug-likeness (QED) is 0.321. The molecule has 1 aliphatic rings. The number of aliphatic hydroxyl groups is 1. The van der Waals surface area contributed by atoms with Crippen LogP contribution in [-0.2, 0) is 16.1 Å². The normalized spacial score (nSPS) is 17.9. The second-order valence-electron chi connectivity index (χ2n) is 7.24. The maximum absolute atomic E-state index is 13.1. The van der Waals surface area contributed by atoms with E-state index in [9.17, 15) is 14.7 Å². The van der Waals surface area contributed by atoms with Crippen LogP contribution in [0.2, 0.25) is 5.02 Å². The Balaban J connectivity index is 1.93. The van der Waals surface area contributed by atoms with Gasteiger partial charge in [-0.15, -0.1) is 11.3 Å². The monoisotopic (exact) mass is 453 g/mol. The van der Waals surface area contributed by atoms with Crippen molar-refractivity contribution < 1.29 is 19.4 Å². The molecule has 2 aromatic carbocycles. The number of ether oxygens (including phenoxy) is 1. The first-order valence-electron chi connectivity index (χ1n) is 9.62. The van der Waals surface area contributed by atoms with Gasteiger partial charge in [-0.3, -0.25) is 9.59 Å². The van der Waals surface area contributed by atoms with Gasteiger partial charge in [-0.1, -0.05) is 48.0 Å². The van der Waals surface area contributed by atoms with Crippen LogP contribution in [0.5, 0.6) is 5.75 Å². The summed E-state index contributed by atoms with van der Waals surface area (Å²) in [5, 5.41) is 13.5. The molecule has 1 atom stereocenters. The molecule has 7 heteroatoms. The highest BCUT2D eigenvalue weighted by Crippen LogP contribution is 2.43. The Bertz CT molecular complexity index is 1170. The summed E-state index contributed by atoms with van der Waals surface area (Å²) in [5.74, 6) is -1.44. The van der Waals surface area contributed by atoms with E-state index < -0.39 is 17.7 Å². The van der Waals surface area contributed by atoms with Crippen LogP contribution in [-0.4, -0.2) is 28.8 Å². The van der Waals surface area contributed by atoms with E-state index in [-0.39, 0.29) is 29.2 Å². The van der Waals surface area contributed by atoms with Crippen molar-refractivity contribution >= 4 is 40.4 Å². The Morgan fingerprint density at radius 1 is 1.16 bits per heavy atom. The van der Waals surface area contributed by atoms with E-state index in [1.165, 1.54) is 23.3 Å². The number of hydrogen-bond donors (Lipinski definition) is 1. The number of rotatable bonds is 5. The van der Waals surface area contributed by atoms with Gasteiger partial charge in [-0.2, -0.15) is 0 Å². The highest BCUT2D eigenvalue weighted by atomic mass is 35.5. The highest BCUT2D eigenvalue weighted by Gasteiger charge is 2.46. The molecule has 1 unspecified atom stereocenters. The average molecular weight is 454 g/mol. The van der Waals surface area contributed by atoms with E-state index in [0.717, 1.165) is 16.0 Å². The number of likely N-dealkylation sites (tertiary alicyclic amines) is 1. The Hall–Kier alpha value is -3.09. The molecule has 1 saturated heterocycles. The molecule has 31 heavy (non-hydrogen) atoms. The van der Waals surface area contributed by atoms with E-state index >= 15 is 0 Å². The number of nitrogens with zero attached hydrogens (tertiary/aromatic N) is 1. The zero-order chi connectivity index (χ0) is 22.1. The third-order valence-corrected chi connectivity index (χ3v) is 6.35. The van der Waals surface area contributed by atoms with Gasteiger partial charge in [-0.05, 0) is 41.6 Å². The zero-order valence-electron chi connectivity index (χ0n) is 17.0. The number of Topliss-reactive ketones (excluding diaryl/α,β-unsaturated/α-hetero) is 1. The van der Waals surface area contributed by atoms with Crippen molar-refractivity contribution in [3.05, 3.63) is 92.1 Å². The van der Waals surface area contributed by atoms with E-state index in [4.69, 9.17) is 16.3 Å². The molecule has 4 rings (SSSR count). The van der Waals surface area contributed by atoms with Crippen molar-refractivity contribution in [2.24, 2.45) is 0 Å². The maximum atomic E-state index is 13.1. The van der Waals surface area contributed by atoms with Crippen LogP contribution in [0, 0.1) is 6.92 Å². The fourth-order valence-corrected chi connectivity index (χ4v) is 4.91. The molecule has 1 aliphatic heterocycles. The molecule has 1 N–H and O–H groups in total. The Kier molecular flexibility index (Phi) is 5.85. The van der Waals surface area contributed by atoms with Crippen LogP contribution in [0.3, 0.4) is 0 Å². The molecule has 0 saturated carbocycles. The number of ketones is 1. The predicted octanol–water partition coefficient (Wildman–Crippen LogP) is 5.34. The third kappa shape index (κ3) is 3.84. The molecule has 158 valence electrons. The first kappa shape index (κ1) is 21.2. The van der Waals surface area contributed by atoms with Crippen LogP contribution in [0.25, 0.3) is 5.76 Å². The Morgan fingerprint density at radius 3 is 2.55 bits per heavy atom. The summed E-state index contributed by atoms with van der Waals surface area (Å²) in [4.78, 5) is 28.6. The first-order chi connectivity index (χ1) is 14.9. The molecule has 0 bridgehead atoms. The van der Waals surface area contributed by atoms with Crippen LogP contribution in [0.4, 0.5) is 0 Å². The number of benzene rings is 2. The van der Waals surface area contributed by atoms with Crippen molar-refractivity contribution in [3.8, 4) is 5.75 Å². The van der Waals surface area contributed by atoms with Gasteiger partial charge in [0.1, 0.15) is 11.5 Å².